The van der Waals surface area contributed by atoms with Gasteiger partial charge in [-0.15, -0.1) is 0 Å². The zero-order valence-electron chi connectivity index (χ0n) is 8.09. The maximum Gasteiger partial charge on any atom is 0.00471 e. The molecule has 0 saturated heterocycles. The summed E-state index contributed by atoms with van der Waals surface area (Å²) in [6.45, 7) is 2.10. The third kappa shape index (κ3) is 4.20. The fourth-order valence-electron chi connectivity index (χ4n) is 1.70. The van der Waals surface area contributed by atoms with Crippen molar-refractivity contribution in [1.29, 1.82) is 0 Å². The van der Waals surface area contributed by atoms with Gasteiger partial charge in [-0.05, 0) is 31.9 Å². The molecule has 0 nitrogen and oxygen atoms in total. The highest BCUT2D eigenvalue weighted by atomic mass is 32.2. The Labute approximate surface area is 80.8 Å². The molecule has 0 aromatic rings. The first-order valence-corrected chi connectivity index (χ1v) is 6.21. The summed E-state index contributed by atoms with van der Waals surface area (Å²) in [5, 5.41) is 0.990. The molecule has 1 saturated carbocycles. The normalized spacial score (nSPS) is 20.4. The summed E-state index contributed by atoms with van der Waals surface area (Å²) < 4.78 is 0. The fraction of sp³-hybridized carbons (Fsp3) is 0.818. The Bertz CT molecular complexity index is 123. The lowest BCUT2D eigenvalue weighted by atomic mass is 10.0. The Morgan fingerprint density at radius 3 is 2.67 bits per heavy atom. The molecular formula is C11H20S. The van der Waals surface area contributed by atoms with Crippen molar-refractivity contribution in [2.75, 3.05) is 5.75 Å². The molecule has 70 valence electrons. The van der Waals surface area contributed by atoms with Gasteiger partial charge in [-0.3, -0.25) is 0 Å². The van der Waals surface area contributed by atoms with E-state index in [-0.39, 0.29) is 0 Å². The first kappa shape index (κ1) is 10.2. The van der Waals surface area contributed by atoms with E-state index >= 15 is 0 Å². The summed E-state index contributed by atoms with van der Waals surface area (Å²) in [6, 6.07) is 0. The summed E-state index contributed by atoms with van der Waals surface area (Å²) in [6.07, 6.45) is 13.1. The minimum absolute atomic E-state index is 0.990. The lowest BCUT2D eigenvalue weighted by molar-refractivity contribution is 0.516. The summed E-state index contributed by atoms with van der Waals surface area (Å²) in [7, 11) is 0. The summed E-state index contributed by atoms with van der Waals surface area (Å²) >= 11 is 2.19. The average molecular weight is 184 g/mol. The Balaban J connectivity index is 1.97. The molecule has 0 aromatic heterocycles. The molecule has 1 rings (SSSR count). The van der Waals surface area contributed by atoms with Gasteiger partial charge in [0.15, 0.2) is 0 Å². The minimum Gasteiger partial charge on any atom is -0.158 e. The Kier molecular flexibility index (Phi) is 5.59. The topological polar surface area (TPSA) is 0 Å². The minimum atomic E-state index is 0.990. The molecule has 1 heteroatoms. The molecule has 0 atom stereocenters. The molecule has 1 aliphatic rings. The third-order valence-corrected chi connectivity index (χ3v) is 3.84. The second kappa shape index (κ2) is 6.59. The molecule has 0 aromatic carbocycles. The van der Waals surface area contributed by atoms with Gasteiger partial charge in [0.2, 0.25) is 0 Å². The van der Waals surface area contributed by atoms with E-state index in [1.165, 1.54) is 44.3 Å². The van der Waals surface area contributed by atoms with E-state index < -0.39 is 0 Å². The predicted octanol–water partition coefficient (Wildman–Crippen LogP) is 4.02. The largest absolute Gasteiger partial charge is 0.158 e. The third-order valence-electron chi connectivity index (χ3n) is 2.43. The molecule has 1 fully saturated rings. The Morgan fingerprint density at radius 2 is 2.00 bits per heavy atom. The number of hydrogen-bond acceptors (Lipinski definition) is 1. The van der Waals surface area contributed by atoms with Crippen LogP contribution < -0.4 is 0 Å². The predicted molar refractivity (Wildman–Crippen MR) is 58.8 cm³/mol. The van der Waals surface area contributed by atoms with Gasteiger partial charge in [-0.25, -0.2) is 0 Å². The van der Waals surface area contributed by atoms with Crippen LogP contribution in [0.5, 0.6) is 0 Å². The lowest BCUT2D eigenvalue weighted by Crippen LogP contribution is -2.08. The van der Waals surface area contributed by atoms with Crippen molar-refractivity contribution < 1.29 is 0 Å². The Morgan fingerprint density at radius 1 is 1.25 bits per heavy atom. The molecule has 0 aliphatic heterocycles. The zero-order chi connectivity index (χ0) is 8.65. The standard InChI is InChI=1S/C11H20S/c1-2-3-7-10-12-11-8-5-4-6-9-11/h2-3,11H,4-10H2,1H3/b3-2+. The van der Waals surface area contributed by atoms with Gasteiger partial charge in [0.25, 0.3) is 0 Å². The van der Waals surface area contributed by atoms with Crippen LogP contribution in [0.25, 0.3) is 0 Å². The van der Waals surface area contributed by atoms with Crippen molar-refractivity contribution in [2.45, 2.75) is 50.7 Å². The monoisotopic (exact) mass is 184 g/mol. The second-order valence-corrected chi connectivity index (χ2v) is 4.90. The molecule has 0 spiro atoms. The van der Waals surface area contributed by atoms with Crippen LogP contribution >= 0.6 is 11.8 Å². The molecule has 0 heterocycles. The van der Waals surface area contributed by atoms with Crippen molar-refractivity contribution in [1.82, 2.24) is 0 Å². The van der Waals surface area contributed by atoms with Crippen molar-refractivity contribution in [3.05, 3.63) is 12.2 Å². The molecule has 1 aliphatic carbocycles. The molecule has 0 N–H and O–H groups in total. The molecular weight excluding hydrogens is 164 g/mol. The Hall–Kier alpha value is 0.0900. The van der Waals surface area contributed by atoms with E-state index in [4.69, 9.17) is 0 Å². The van der Waals surface area contributed by atoms with E-state index in [0.717, 1.165) is 5.25 Å². The van der Waals surface area contributed by atoms with Gasteiger partial charge in [0.05, 0.1) is 0 Å². The van der Waals surface area contributed by atoms with Crippen LogP contribution in [0.1, 0.15) is 45.4 Å². The molecule has 12 heavy (non-hydrogen) atoms. The van der Waals surface area contributed by atoms with E-state index in [2.05, 4.69) is 30.8 Å². The average Bonchev–Trinajstić information content (AvgIpc) is 2.14. The van der Waals surface area contributed by atoms with E-state index in [9.17, 15) is 0 Å². The van der Waals surface area contributed by atoms with Gasteiger partial charge in [-0.2, -0.15) is 11.8 Å². The van der Waals surface area contributed by atoms with Crippen LogP contribution in [-0.2, 0) is 0 Å². The van der Waals surface area contributed by atoms with Crippen LogP contribution in [0, 0.1) is 0 Å². The smallest absolute Gasteiger partial charge is 0.00471 e. The number of rotatable bonds is 4. The van der Waals surface area contributed by atoms with Crippen LogP contribution in [0.4, 0.5) is 0 Å². The maximum absolute atomic E-state index is 2.27. The fourth-order valence-corrected chi connectivity index (χ4v) is 2.97. The number of thioether (sulfide) groups is 1. The van der Waals surface area contributed by atoms with E-state index in [1.54, 1.807) is 0 Å². The van der Waals surface area contributed by atoms with E-state index in [1.807, 2.05) is 0 Å². The van der Waals surface area contributed by atoms with Crippen LogP contribution in [0.3, 0.4) is 0 Å². The van der Waals surface area contributed by atoms with Crippen molar-refractivity contribution in [3.8, 4) is 0 Å². The van der Waals surface area contributed by atoms with Crippen molar-refractivity contribution in [3.63, 3.8) is 0 Å². The first-order chi connectivity index (χ1) is 5.93. The number of allylic oxidation sites excluding steroid dienone is 2. The van der Waals surface area contributed by atoms with Gasteiger partial charge in [0, 0.05) is 5.25 Å². The van der Waals surface area contributed by atoms with Crippen molar-refractivity contribution >= 4 is 11.8 Å². The van der Waals surface area contributed by atoms with Crippen LogP contribution in [-0.4, -0.2) is 11.0 Å². The highest BCUT2D eigenvalue weighted by molar-refractivity contribution is 7.99. The van der Waals surface area contributed by atoms with Crippen molar-refractivity contribution in [2.24, 2.45) is 0 Å². The molecule has 0 radical (unpaired) electrons. The van der Waals surface area contributed by atoms with Gasteiger partial charge >= 0.3 is 0 Å². The quantitative estimate of drug-likeness (QED) is 0.470. The van der Waals surface area contributed by atoms with Gasteiger partial charge in [-0.1, -0.05) is 31.4 Å². The summed E-state index contributed by atoms with van der Waals surface area (Å²) in [5.74, 6) is 1.33. The summed E-state index contributed by atoms with van der Waals surface area (Å²) in [4.78, 5) is 0. The highest BCUT2D eigenvalue weighted by Gasteiger charge is 2.12. The highest BCUT2D eigenvalue weighted by Crippen LogP contribution is 2.28. The molecule has 0 unspecified atom stereocenters. The SMILES string of the molecule is C/C=C/CCSC1CCCCC1. The van der Waals surface area contributed by atoms with Gasteiger partial charge in [0.1, 0.15) is 0 Å². The first-order valence-electron chi connectivity index (χ1n) is 5.16. The molecule has 0 bridgehead atoms. The molecule has 0 amide bonds. The summed E-state index contributed by atoms with van der Waals surface area (Å²) in [5.41, 5.74) is 0. The maximum atomic E-state index is 2.27. The zero-order valence-corrected chi connectivity index (χ0v) is 8.91. The number of hydrogen-bond donors (Lipinski definition) is 0. The second-order valence-electron chi connectivity index (χ2n) is 3.49. The van der Waals surface area contributed by atoms with Gasteiger partial charge < -0.3 is 0 Å². The van der Waals surface area contributed by atoms with E-state index in [0.29, 0.717) is 0 Å². The lowest BCUT2D eigenvalue weighted by Gasteiger charge is -2.20. The van der Waals surface area contributed by atoms with Crippen LogP contribution in [0.15, 0.2) is 12.2 Å². The van der Waals surface area contributed by atoms with Crippen LogP contribution in [0.2, 0.25) is 0 Å².